The van der Waals surface area contributed by atoms with Crippen LogP contribution in [0.2, 0.25) is 0 Å². The van der Waals surface area contributed by atoms with Gasteiger partial charge in [-0.15, -0.1) is 0 Å². The minimum atomic E-state index is -0.846. The van der Waals surface area contributed by atoms with Gasteiger partial charge in [-0.25, -0.2) is 4.79 Å². The Labute approximate surface area is 107 Å². The number of piperidine rings is 1. The van der Waals surface area contributed by atoms with Crippen molar-refractivity contribution in [3.05, 3.63) is 0 Å². The summed E-state index contributed by atoms with van der Waals surface area (Å²) >= 11 is 0. The Morgan fingerprint density at radius 3 is 2.50 bits per heavy atom. The highest BCUT2D eigenvalue weighted by Crippen LogP contribution is 2.21. The van der Waals surface area contributed by atoms with Crippen molar-refractivity contribution in [2.75, 3.05) is 13.1 Å². The van der Waals surface area contributed by atoms with E-state index in [1.165, 1.54) is 0 Å². The molecule has 1 rings (SSSR count). The molecular formula is C12H22N2O4. The first-order valence-electron chi connectivity index (χ1n) is 6.14. The number of nitrogens with two attached hydrogens (primary N) is 1. The molecule has 0 aliphatic carbocycles. The molecule has 1 saturated heterocycles. The van der Waals surface area contributed by atoms with Crippen LogP contribution in [0.3, 0.4) is 0 Å². The minimum Gasteiger partial charge on any atom is -0.481 e. The molecular weight excluding hydrogens is 236 g/mol. The van der Waals surface area contributed by atoms with Gasteiger partial charge in [0.15, 0.2) is 0 Å². The zero-order valence-electron chi connectivity index (χ0n) is 11.2. The second-order valence-corrected chi connectivity index (χ2v) is 5.74. The fourth-order valence-electron chi connectivity index (χ4n) is 2.00. The summed E-state index contributed by atoms with van der Waals surface area (Å²) in [5.41, 5.74) is 5.38. The number of amides is 1. The Morgan fingerprint density at radius 2 is 2.06 bits per heavy atom. The van der Waals surface area contributed by atoms with E-state index in [0.717, 1.165) is 0 Å². The summed E-state index contributed by atoms with van der Waals surface area (Å²) in [4.78, 5) is 24.0. The quantitative estimate of drug-likeness (QED) is 0.772. The molecule has 0 bridgehead atoms. The topological polar surface area (TPSA) is 92.9 Å². The summed E-state index contributed by atoms with van der Waals surface area (Å²) in [7, 11) is 0. The molecule has 18 heavy (non-hydrogen) atoms. The number of hydrogen-bond acceptors (Lipinski definition) is 4. The predicted molar refractivity (Wildman–Crippen MR) is 66.1 cm³/mol. The molecule has 3 N–H and O–H groups in total. The molecule has 0 radical (unpaired) electrons. The van der Waals surface area contributed by atoms with Crippen molar-refractivity contribution in [3.63, 3.8) is 0 Å². The third kappa shape index (κ3) is 4.52. The van der Waals surface area contributed by atoms with Crippen molar-refractivity contribution in [1.29, 1.82) is 0 Å². The summed E-state index contributed by atoms with van der Waals surface area (Å²) in [5, 5.41) is 8.75. The number of hydrogen-bond donors (Lipinski definition) is 2. The van der Waals surface area contributed by atoms with E-state index in [0.29, 0.717) is 19.5 Å². The molecule has 0 aromatic carbocycles. The molecule has 0 aromatic heterocycles. The lowest BCUT2D eigenvalue weighted by Gasteiger charge is -2.36. The van der Waals surface area contributed by atoms with Crippen molar-refractivity contribution in [2.24, 2.45) is 11.7 Å². The van der Waals surface area contributed by atoms with Gasteiger partial charge in [-0.3, -0.25) is 4.79 Å². The van der Waals surface area contributed by atoms with Gasteiger partial charge in [-0.1, -0.05) is 0 Å². The molecule has 0 unspecified atom stereocenters. The Morgan fingerprint density at radius 1 is 1.44 bits per heavy atom. The number of carbonyl (C=O) groups excluding carboxylic acids is 1. The van der Waals surface area contributed by atoms with Crippen molar-refractivity contribution in [1.82, 2.24) is 4.90 Å². The predicted octanol–water partition coefficient (Wildman–Crippen LogP) is 1.05. The van der Waals surface area contributed by atoms with Crippen molar-refractivity contribution in [2.45, 2.75) is 45.3 Å². The first-order chi connectivity index (χ1) is 8.19. The molecule has 1 heterocycles. The number of carboxylic acid groups (broad SMARTS) is 1. The zero-order chi connectivity index (χ0) is 13.9. The van der Waals surface area contributed by atoms with Gasteiger partial charge in [-0.05, 0) is 33.1 Å². The van der Waals surface area contributed by atoms with Crippen LogP contribution in [0.15, 0.2) is 0 Å². The van der Waals surface area contributed by atoms with Gasteiger partial charge in [-0.2, -0.15) is 0 Å². The Balaban J connectivity index is 2.50. The fourth-order valence-corrected chi connectivity index (χ4v) is 2.00. The lowest BCUT2D eigenvalue weighted by atomic mass is 9.89. The van der Waals surface area contributed by atoms with Crippen LogP contribution in [0.1, 0.15) is 33.6 Å². The van der Waals surface area contributed by atoms with Crippen LogP contribution in [0.4, 0.5) is 4.79 Å². The van der Waals surface area contributed by atoms with E-state index in [2.05, 4.69) is 0 Å². The fraction of sp³-hybridized carbons (Fsp3) is 0.833. The number of ether oxygens (including phenoxy) is 1. The van der Waals surface area contributed by atoms with E-state index in [1.54, 1.807) is 4.90 Å². The molecule has 0 saturated carbocycles. The van der Waals surface area contributed by atoms with Gasteiger partial charge in [0, 0.05) is 25.6 Å². The second-order valence-electron chi connectivity index (χ2n) is 5.74. The summed E-state index contributed by atoms with van der Waals surface area (Å²) in [6.45, 7) is 6.28. The smallest absolute Gasteiger partial charge is 0.410 e. The third-order valence-electron chi connectivity index (χ3n) is 2.90. The number of carbonyl (C=O) groups is 2. The molecule has 0 aromatic rings. The Kier molecular flexibility index (Phi) is 4.56. The van der Waals surface area contributed by atoms with Crippen molar-refractivity contribution >= 4 is 12.1 Å². The van der Waals surface area contributed by atoms with Crippen LogP contribution < -0.4 is 5.73 Å². The van der Waals surface area contributed by atoms with E-state index in [4.69, 9.17) is 15.6 Å². The highest BCUT2D eigenvalue weighted by atomic mass is 16.6. The van der Waals surface area contributed by atoms with Crippen LogP contribution in [-0.4, -0.2) is 46.8 Å². The summed E-state index contributed by atoms with van der Waals surface area (Å²) in [6, 6.07) is -0.303. The first-order valence-corrected chi connectivity index (χ1v) is 6.14. The van der Waals surface area contributed by atoms with Crippen molar-refractivity contribution < 1.29 is 19.4 Å². The summed E-state index contributed by atoms with van der Waals surface area (Å²) in [6.07, 6.45) is 0.280. The van der Waals surface area contributed by atoms with E-state index >= 15 is 0 Å². The molecule has 6 nitrogen and oxygen atoms in total. The van der Waals surface area contributed by atoms with Gasteiger partial charge < -0.3 is 20.5 Å². The molecule has 1 fully saturated rings. The van der Waals surface area contributed by atoms with Gasteiger partial charge in [0.05, 0.1) is 0 Å². The van der Waals surface area contributed by atoms with Gasteiger partial charge in [0.25, 0.3) is 0 Å². The normalized spacial score (nSPS) is 24.8. The van der Waals surface area contributed by atoms with Crippen LogP contribution >= 0.6 is 0 Å². The Hall–Kier alpha value is -1.30. The maximum atomic E-state index is 11.8. The highest BCUT2D eigenvalue weighted by molar-refractivity contribution is 5.69. The minimum absolute atomic E-state index is 0.0589. The molecule has 0 spiro atoms. The number of likely N-dealkylation sites (tertiary alicyclic amines) is 1. The van der Waals surface area contributed by atoms with Crippen LogP contribution in [-0.2, 0) is 9.53 Å². The van der Waals surface area contributed by atoms with Crippen molar-refractivity contribution in [3.8, 4) is 0 Å². The molecule has 1 amide bonds. The molecule has 6 heteroatoms. The number of nitrogens with zero attached hydrogens (tertiary/aromatic N) is 1. The van der Waals surface area contributed by atoms with E-state index < -0.39 is 11.6 Å². The van der Waals surface area contributed by atoms with Crippen LogP contribution in [0.5, 0.6) is 0 Å². The van der Waals surface area contributed by atoms with E-state index in [9.17, 15) is 9.59 Å². The second kappa shape index (κ2) is 5.56. The zero-order valence-corrected chi connectivity index (χ0v) is 11.2. The largest absolute Gasteiger partial charge is 0.481 e. The van der Waals surface area contributed by atoms with Gasteiger partial charge in [0.1, 0.15) is 5.60 Å². The van der Waals surface area contributed by atoms with Crippen LogP contribution in [0, 0.1) is 5.92 Å². The molecule has 2 atom stereocenters. The monoisotopic (exact) mass is 258 g/mol. The lowest BCUT2D eigenvalue weighted by molar-refractivity contribution is -0.138. The van der Waals surface area contributed by atoms with Crippen LogP contribution in [0.25, 0.3) is 0 Å². The third-order valence-corrected chi connectivity index (χ3v) is 2.90. The molecule has 1 aliphatic rings. The number of carboxylic acids is 1. The van der Waals surface area contributed by atoms with E-state index in [-0.39, 0.29) is 24.5 Å². The Bertz CT molecular complexity index is 325. The van der Waals surface area contributed by atoms with E-state index in [1.807, 2.05) is 20.8 Å². The first kappa shape index (κ1) is 14.8. The number of rotatable bonds is 2. The van der Waals surface area contributed by atoms with Gasteiger partial charge >= 0.3 is 12.1 Å². The maximum absolute atomic E-state index is 11.8. The summed E-state index contributed by atoms with van der Waals surface area (Å²) < 4.78 is 5.26. The highest BCUT2D eigenvalue weighted by Gasteiger charge is 2.32. The average Bonchev–Trinajstić information content (AvgIpc) is 2.17. The SMILES string of the molecule is CC(C)(C)OC(=O)N1CC[C@H](CC(=O)O)[C@@H](N)C1. The molecule has 104 valence electrons. The molecule has 1 aliphatic heterocycles. The summed E-state index contributed by atoms with van der Waals surface area (Å²) in [5.74, 6) is -0.914. The number of aliphatic carboxylic acids is 1. The average molecular weight is 258 g/mol. The maximum Gasteiger partial charge on any atom is 0.410 e. The lowest BCUT2D eigenvalue weighted by Crippen LogP contribution is -2.52. The van der Waals surface area contributed by atoms with Gasteiger partial charge in [0.2, 0.25) is 0 Å². The standard InChI is InChI=1S/C12H22N2O4/c1-12(2,3)18-11(17)14-5-4-8(6-10(15)16)9(13)7-14/h8-9H,4-7,13H2,1-3H3,(H,15,16)/t8-,9+/m1/s1.